The van der Waals surface area contributed by atoms with Crippen molar-refractivity contribution in [3.63, 3.8) is 0 Å². The van der Waals surface area contributed by atoms with Gasteiger partial charge in [-0.15, -0.1) is 5.10 Å². The van der Waals surface area contributed by atoms with Crippen molar-refractivity contribution in [2.45, 2.75) is 0 Å². The van der Waals surface area contributed by atoms with E-state index in [0.29, 0.717) is 12.0 Å². The fourth-order valence-corrected chi connectivity index (χ4v) is 1.05. The molecule has 0 spiro atoms. The van der Waals surface area contributed by atoms with E-state index in [0.717, 1.165) is 0 Å². The topological polar surface area (TPSA) is 47.8 Å². The Morgan fingerprint density at radius 2 is 2.29 bits per heavy atom. The third kappa shape index (κ3) is 1.52. The van der Waals surface area contributed by atoms with Crippen molar-refractivity contribution < 1.29 is 9.18 Å². The summed E-state index contributed by atoms with van der Waals surface area (Å²) in [7, 11) is 0. The zero-order valence-corrected chi connectivity index (χ0v) is 7.09. The molecule has 14 heavy (non-hydrogen) atoms. The molecule has 4 nitrogen and oxygen atoms in total. The Kier molecular flexibility index (Phi) is 2.06. The summed E-state index contributed by atoms with van der Waals surface area (Å²) in [6.07, 6.45) is 1.90. The highest BCUT2D eigenvalue weighted by Gasteiger charge is 2.01. The highest BCUT2D eigenvalue weighted by molar-refractivity contribution is 5.70. The first-order valence-corrected chi connectivity index (χ1v) is 3.93. The number of aldehydes is 1. The minimum Gasteiger partial charge on any atom is -0.296 e. The maximum Gasteiger partial charge on any atom is 0.171 e. The van der Waals surface area contributed by atoms with E-state index in [-0.39, 0.29) is 11.5 Å². The lowest BCUT2D eigenvalue weighted by molar-refractivity contribution is 0.111. The van der Waals surface area contributed by atoms with Crippen LogP contribution in [0.2, 0.25) is 0 Å². The van der Waals surface area contributed by atoms with Crippen molar-refractivity contribution in [1.82, 2.24) is 15.0 Å². The molecule has 1 aromatic carbocycles. The van der Waals surface area contributed by atoms with Crippen LogP contribution >= 0.6 is 0 Å². The third-order valence-electron chi connectivity index (χ3n) is 1.67. The number of hydrogen-bond donors (Lipinski definition) is 0. The Balaban J connectivity index is 2.43. The lowest BCUT2D eigenvalue weighted by Gasteiger charge is -1.97. The van der Waals surface area contributed by atoms with Gasteiger partial charge >= 0.3 is 0 Å². The van der Waals surface area contributed by atoms with Gasteiger partial charge < -0.3 is 0 Å². The lowest BCUT2D eigenvalue weighted by Crippen LogP contribution is -1.99. The molecule has 0 bridgehead atoms. The molecule has 0 atom stereocenters. The molecule has 1 aromatic heterocycles. The zero-order valence-electron chi connectivity index (χ0n) is 7.09. The molecule has 70 valence electrons. The molecule has 0 unspecified atom stereocenters. The van der Waals surface area contributed by atoms with Gasteiger partial charge in [0.05, 0.1) is 11.9 Å². The predicted molar refractivity (Wildman–Crippen MR) is 46.7 cm³/mol. The van der Waals surface area contributed by atoms with Crippen molar-refractivity contribution in [2.75, 3.05) is 0 Å². The SMILES string of the molecule is O=Cc1cnn(-c2cccc(F)c2)n1. The van der Waals surface area contributed by atoms with Crippen LogP contribution in [0.3, 0.4) is 0 Å². The molecular weight excluding hydrogens is 185 g/mol. The Morgan fingerprint density at radius 3 is 2.93 bits per heavy atom. The number of nitrogens with zero attached hydrogens (tertiary/aromatic N) is 3. The Hall–Kier alpha value is -2.04. The minimum atomic E-state index is -0.368. The van der Waals surface area contributed by atoms with E-state index in [2.05, 4.69) is 10.2 Å². The molecule has 5 heteroatoms. The van der Waals surface area contributed by atoms with Gasteiger partial charge in [-0.3, -0.25) is 4.79 Å². The second kappa shape index (κ2) is 3.37. The van der Waals surface area contributed by atoms with E-state index in [1.807, 2.05) is 0 Å². The third-order valence-corrected chi connectivity index (χ3v) is 1.67. The smallest absolute Gasteiger partial charge is 0.171 e. The van der Waals surface area contributed by atoms with Gasteiger partial charge in [0.1, 0.15) is 11.5 Å². The highest BCUT2D eigenvalue weighted by Crippen LogP contribution is 2.06. The number of carbonyl (C=O) groups excluding carboxylic acids is 1. The van der Waals surface area contributed by atoms with Crippen molar-refractivity contribution in [1.29, 1.82) is 0 Å². The normalized spacial score (nSPS) is 10.1. The number of aromatic nitrogens is 3. The van der Waals surface area contributed by atoms with Gasteiger partial charge in [0, 0.05) is 6.07 Å². The van der Waals surface area contributed by atoms with Gasteiger partial charge in [-0.05, 0) is 12.1 Å². The molecule has 0 radical (unpaired) electrons. The van der Waals surface area contributed by atoms with E-state index in [4.69, 9.17) is 0 Å². The van der Waals surface area contributed by atoms with Gasteiger partial charge in [-0.2, -0.15) is 9.90 Å². The maximum absolute atomic E-state index is 12.8. The van der Waals surface area contributed by atoms with Crippen LogP contribution in [-0.4, -0.2) is 21.3 Å². The number of hydrogen-bond acceptors (Lipinski definition) is 3. The summed E-state index contributed by atoms with van der Waals surface area (Å²) in [5, 5.41) is 7.62. The van der Waals surface area contributed by atoms with Gasteiger partial charge in [-0.25, -0.2) is 4.39 Å². The van der Waals surface area contributed by atoms with Crippen LogP contribution in [0.15, 0.2) is 30.5 Å². The molecule has 0 amide bonds. The number of benzene rings is 1. The predicted octanol–water partition coefficient (Wildman–Crippen LogP) is 1.22. The molecule has 0 aliphatic carbocycles. The first kappa shape index (κ1) is 8.55. The second-order valence-corrected chi connectivity index (χ2v) is 2.66. The fourth-order valence-electron chi connectivity index (χ4n) is 1.05. The van der Waals surface area contributed by atoms with Crippen LogP contribution in [0.5, 0.6) is 0 Å². The molecular formula is C9H6FN3O. The molecule has 0 aliphatic rings. The van der Waals surface area contributed by atoms with Crippen LogP contribution in [0, 0.1) is 5.82 Å². The Labute approximate surface area is 79.0 Å². The largest absolute Gasteiger partial charge is 0.296 e. The molecule has 2 rings (SSSR count). The zero-order chi connectivity index (χ0) is 9.97. The van der Waals surface area contributed by atoms with Gasteiger partial charge in [0.15, 0.2) is 6.29 Å². The molecule has 0 saturated heterocycles. The van der Waals surface area contributed by atoms with E-state index < -0.39 is 0 Å². The molecule has 0 N–H and O–H groups in total. The van der Waals surface area contributed by atoms with Crippen LogP contribution in [-0.2, 0) is 0 Å². The van der Waals surface area contributed by atoms with Crippen molar-refractivity contribution >= 4 is 6.29 Å². The number of carbonyl (C=O) groups is 1. The molecule has 0 saturated carbocycles. The molecule has 0 aliphatic heterocycles. The van der Waals surface area contributed by atoms with Crippen molar-refractivity contribution in [2.24, 2.45) is 0 Å². The first-order valence-electron chi connectivity index (χ1n) is 3.93. The van der Waals surface area contributed by atoms with E-state index in [9.17, 15) is 9.18 Å². The van der Waals surface area contributed by atoms with Gasteiger partial charge in [-0.1, -0.05) is 6.07 Å². The van der Waals surface area contributed by atoms with E-state index in [1.54, 1.807) is 12.1 Å². The summed E-state index contributed by atoms with van der Waals surface area (Å²) < 4.78 is 12.8. The van der Waals surface area contributed by atoms with Crippen LogP contribution in [0.25, 0.3) is 5.69 Å². The van der Waals surface area contributed by atoms with Gasteiger partial charge in [0.2, 0.25) is 0 Å². The van der Waals surface area contributed by atoms with Gasteiger partial charge in [0.25, 0.3) is 0 Å². The first-order chi connectivity index (χ1) is 6.79. The summed E-state index contributed by atoms with van der Waals surface area (Å²) in [6.45, 7) is 0. The summed E-state index contributed by atoms with van der Waals surface area (Å²) in [5.74, 6) is -0.368. The quantitative estimate of drug-likeness (QED) is 0.670. The lowest BCUT2D eigenvalue weighted by atomic mass is 10.3. The second-order valence-electron chi connectivity index (χ2n) is 2.66. The van der Waals surface area contributed by atoms with E-state index in [1.165, 1.54) is 23.1 Å². The summed E-state index contributed by atoms with van der Waals surface area (Å²) in [5.41, 5.74) is 0.701. The minimum absolute atomic E-state index is 0.217. The van der Waals surface area contributed by atoms with Crippen molar-refractivity contribution in [3.8, 4) is 5.69 Å². The Morgan fingerprint density at radius 1 is 1.43 bits per heavy atom. The monoisotopic (exact) mass is 191 g/mol. The maximum atomic E-state index is 12.8. The standard InChI is InChI=1S/C9H6FN3O/c10-7-2-1-3-9(4-7)13-11-5-8(6-14)12-13/h1-6H. The van der Waals surface area contributed by atoms with E-state index >= 15 is 0 Å². The van der Waals surface area contributed by atoms with Crippen LogP contribution in [0.1, 0.15) is 10.5 Å². The van der Waals surface area contributed by atoms with Crippen LogP contribution < -0.4 is 0 Å². The molecule has 0 fully saturated rings. The van der Waals surface area contributed by atoms with Crippen molar-refractivity contribution in [3.05, 3.63) is 42.0 Å². The summed E-state index contributed by atoms with van der Waals surface area (Å²) >= 11 is 0. The summed E-state index contributed by atoms with van der Waals surface area (Å²) in [6, 6.07) is 5.81. The average Bonchev–Trinajstić information content (AvgIpc) is 2.66. The van der Waals surface area contributed by atoms with Crippen LogP contribution in [0.4, 0.5) is 4.39 Å². The molecule has 1 heterocycles. The average molecular weight is 191 g/mol. The highest BCUT2D eigenvalue weighted by atomic mass is 19.1. The Bertz CT molecular complexity index is 467. The number of halogens is 1. The summed E-state index contributed by atoms with van der Waals surface area (Å²) in [4.78, 5) is 11.5. The fraction of sp³-hybridized carbons (Fsp3) is 0. The molecule has 2 aromatic rings. The number of rotatable bonds is 2.